The van der Waals surface area contributed by atoms with Crippen molar-refractivity contribution in [2.45, 2.75) is 79.1 Å². The molecule has 32 heavy (non-hydrogen) atoms. The van der Waals surface area contributed by atoms with Gasteiger partial charge in [0.15, 0.2) is 0 Å². The first-order valence-electron chi connectivity index (χ1n) is 12.5. The molecule has 0 spiro atoms. The van der Waals surface area contributed by atoms with Crippen molar-refractivity contribution in [2.24, 2.45) is 0 Å². The number of hydrogen-bond donors (Lipinski definition) is 0. The normalized spacial score (nSPS) is 14.3. The van der Waals surface area contributed by atoms with Gasteiger partial charge in [-0.25, -0.2) is 4.70 Å². The molecular formula is C30H38N2. The molecule has 3 rings (SSSR count). The highest BCUT2D eigenvalue weighted by Gasteiger charge is 2.34. The van der Waals surface area contributed by atoms with Gasteiger partial charge in [0.1, 0.15) is 0 Å². The van der Waals surface area contributed by atoms with E-state index in [-0.39, 0.29) is 0 Å². The number of rotatable bonds is 11. The summed E-state index contributed by atoms with van der Waals surface area (Å²) in [4.78, 5) is 0. The van der Waals surface area contributed by atoms with E-state index in [0.717, 1.165) is 73.9 Å². The highest BCUT2D eigenvalue weighted by Crippen LogP contribution is 2.44. The zero-order chi connectivity index (χ0) is 22.9. The largest absolute Gasteiger partial charge is 0.493 e. The van der Waals surface area contributed by atoms with Crippen molar-refractivity contribution in [1.29, 1.82) is 0 Å². The molecule has 1 aliphatic rings. The van der Waals surface area contributed by atoms with Gasteiger partial charge in [-0.1, -0.05) is 77.0 Å². The zero-order valence-electron chi connectivity index (χ0n) is 20.3. The summed E-state index contributed by atoms with van der Waals surface area (Å²) >= 11 is 0. The van der Waals surface area contributed by atoms with Crippen LogP contribution < -0.4 is 0 Å². The van der Waals surface area contributed by atoms with E-state index in [1.54, 1.807) is 0 Å². The van der Waals surface area contributed by atoms with Crippen LogP contribution in [0.5, 0.6) is 0 Å². The minimum Gasteiger partial charge on any atom is -0.493 e. The maximum Gasteiger partial charge on any atom is 0.211 e. The summed E-state index contributed by atoms with van der Waals surface area (Å²) in [5.74, 6) is 0. The average molecular weight is 427 g/mol. The minimum absolute atomic E-state index is 0.963. The Morgan fingerprint density at radius 3 is 1.66 bits per heavy atom. The smallest absolute Gasteiger partial charge is 0.211 e. The number of hydrogen-bond acceptors (Lipinski definition) is 0. The van der Waals surface area contributed by atoms with Crippen molar-refractivity contribution in [2.75, 3.05) is 0 Å². The molecule has 1 aliphatic heterocycles. The van der Waals surface area contributed by atoms with Crippen molar-refractivity contribution in [1.82, 2.24) is 0 Å². The minimum atomic E-state index is 0.963. The number of allylic oxidation sites excluding steroid dienone is 3. The Kier molecular flexibility index (Phi) is 8.79. The summed E-state index contributed by atoms with van der Waals surface area (Å²) in [6.45, 7) is 8.80. The summed E-state index contributed by atoms with van der Waals surface area (Å²) in [6.07, 6.45) is 12.9. The molecule has 0 radical (unpaired) electrons. The van der Waals surface area contributed by atoms with Crippen LogP contribution >= 0.6 is 0 Å². The van der Waals surface area contributed by atoms with Crippen molar-refractivity contribution in [3.05, 3.63) is 93.5 Å². The van der Waals surface area contributed by atoms with Crippen molar-refractivity contribution in [3.63, 3.8) is 0 Å². The molecular weight excluding hydrogens is 388 g/mol. The molecule has 0 aromatic heterocycles. The van der Waals surface area contributed by atoms with Crippen molar-refractivity contribution >= 4 is 17.5 Å². The third kappa shape index (κ3) is 5.35. The summed E-state index contributed by atoms with van der Waals surface area (Å²) in [5.41, 5.74) is 20.8. The Hall–Kier alpha value is -2.74. The first-order chi connectivity index (χ1) is 15.6. The summed E-state index contributed by atoms with van der Waals surface area (Å²) in [7, 11) is 0. The number of unbranched alkanes of at least 4 members (excludes halogenated alkanes) is 2. The van der Waals surface area contributed by atoms with Crippen LogP contribution in [0.3, 0.4) is 0 Å². The number of aryl methyl sites for hydroxylation is 1. The fraction of sp³-hybridized carbons (Fsp3) is 0.400. The second-order valence-corrected chi connectivity index (χ2v) is 8.66. The molecule has 0 fully saturated rings. The Balaban J connectivity index is 2.09. The first kappa shape index (κ1) is 23.9. The molecule has 0 unspecified atom stereocenters. The van der Waals surface area contributed by atoms with E-state index in [0.29, 0.717) is 0 Å². The standard InChI is InChI=1S/C30H38N2/c1-5-9-12-24-17-21-26(22-18-24)30-28(14-11-7-3)27(13-10-6-2)29(32(30)31)25-19-15-23(8-4)16-20-25/h9,12,15-22H,5-8,10-11,13-14H2,1-4H3. The first-order valence-corrected chi connectivity index (χ1v) is 12.5. The van der Waals surface area contributed by atoms with Crippen LogP contribution in [0.25, 0.3) is 23.0 Å². The van der Waals surface area contributed by atoms with Crippen LogP contribution in [0.4, 0.5) is 0 Å². The fourth-order valence-corrected chi connectivity index (χ4v) is 4.40. The van der Waals surface area contributed by atoms with E-state index in [2.05, 4.69) is 88.4 Å². The molecule has 2 aromatic carbocycles. The lowest BCUT2D eigenvalue weighted by Gasteiger charge is -2.10. The van der Waals surface area contributed by atoms with Gasteiger partial charge in [0.25, 0.3) is 0 Å². The predicted molar refractivity (Wildman–Crippen MR) is 138 cm³/mol. The lowest BCUT2D eigenvalue weighted by atomic mass is 9.92. The summed E-state index contributed by atoms with van der Waals surface area (Å²) in [6, 6.07) is 17.3. The number of benzene rings is 2. The SMILES string of the molecule is CCC=Cc1ccc(C2=C(CCCC)C(CCCC)=C(c3ccc(CC)cc3)[N+]2=[N-])cc1. The molecule has 0 saturated carbocycles. The van der Waals surface area contributed by atoms with Crippen LogP contribution in [0.2, 0.25) is 0 Å². The molecule has 168 valence electrons. The van der Waals surface area contributed by atoms with E-state index in [9.17, 15) is 5.53 Å². The monoisotopic (exact) mass is 426 g/mol. The Morgan fingerprint density at radius 1 is 0.719 bits per heavy atom. The quantitative estimate of drug-likeness (QED) is 0.320. The third-order valence-electron chi connectivity index (χ3n) is 6.29. The summed E-state index contributed by atoms with van der Waals surface area (Å²) < 4.78 is 1.48. The second kappa shape index (κ2) is 11.8. The van der Waals surface area contributed by atoms with Crippen molar-refractivity contribution < 1.29 is 4.70 Å². The van der Waals surface area contributed by atoms with Crippen LogP contribution in [0.1, 0.15) is 94.9 Å². The Bertz CT molecular complexity index is 1000. The molecule has 1 heterocycles. The summed E-state index contributed by atoms with van der Waals surface area (Å²) in [5, 5.41) is 0. The number of nitrogens with zero attached hydrogens (tertiary/aromatic N) is 2. The van der Waals surface area contributed by atoms with E-state index in [1.165, 1.54) is 27.0 Å². The van der Waals surface area contributed by atoms with E-state index < -0.39 is 0 Å². The van der Waals surface area contributed by atoms with Gasteiger partial charge in [0.05, 0.1) is 0 Å². The van der Waals surface area contributed by atoms with Gasteiger partial charge in [0.2, 0.25) is 11.4 Å². The molecule has 2 nitrogen and oxygen atoms in total. The highest BCUT2D eigenvalue weighted by molar-refractivity contribution is 5.82. The lowest BCUT2D eigenvalue weighted by molar-refractivity contribution is -0.345. The van der Waals surface area contributed by atoms with Crippen LogP contribution in [0, 0.1) is 0 Å². The van der Waals surface area contributed by atoms with Crippen molar-refractivity contribution in [3.8, 4) is 0 Å². The molecule has 0 amide bonds. The average Bonchev–Trinajstić information content (AvgIpc) is 3.11. The molecule has 0 aliphatic carbocycles. The van der Waals surface area contributed by atoms with Crippen LogP contribution in [-0.4, -0.2) is 4.70 Å². The molecule has 0 N–H and O–H groups in total. The maximum absolute atomic E-state index is 11.5. The molecule has 2 aromatic rings. The molecule has 0 atom stereocenters. The van der Waals surface area contributed by atoms with E-state index in [1.807, 2.05) is 0 Å². The lowest BCUT2D eigenvalue weighted by Crippen LogP contribution is -2.02. The molecule has 0 saturated heterocycles. The van der Waals surface area contributed by atoms with Gasteiger partial charge >= 0.3 is 0 Å². The van der Waals surface area contributed by atoms with Crippen LogP contribution in [0.15, 0.2) is 65.8 Å². The predicted octanol–water partition coefficient (Wildman–Crippen LogP) is 9.22. The molecule has 0 bridgehead atoms. The zero-order valence-corrected chi connectivity index (χ0v) is 20.3. The van der Waals surface area contributed by atoms with Gasteiger partial charge in [-0.05, 0) is 73.9 Å². The van der Waals surface area contributed by atoms with Gasteiger partial charge in [-0.3, -0.25) is 0 Å². The Morgan fingerprint density at radius 2 is 1.22 bits per heavy atom. The topological polar surface area (TPSA) is 25.3 Å². The van der Waals surface area contributed by atoms with Gasteiger partial charge < -0.3 is 5.53 Å². The molecule has 2 heteroatoms. The second-order valence-electron chi connectivity index (χ2n) is 8.66. The van der Waals surface area contributed by atoms with E-state index >= 15 is 0 Å². The third-order valence-corrected chi connectivity index (χ3v) is 6.29. The Labute approximate surface area is 194 Å². The van der Waals surface area contributed by atoms with Gasteiger partial charge in [-0.15, -0.1) is 0 Å². The fourth-order valence-electron chi connectivity index (χ4n) is 4.40. The maximum atomic E-state index is 11.5. The van der Waals surface area contributed by atoms with Gasteiger partial charge in [-0.2, -0.15) is 0 Å². The van der Waals surface area contributed by atoms with Crippen LogP contribution in [-0.2, 0) is 6.42 Å². The highest BCUT2D eigenvalue weighted by atomic mass is 15.2. The van der Waals surface area contributed by atoms with Gasteiger partial charge in [0, 0.05) is 22.3 Å². The van der Waals surface area contributed by atoms with E-state index in [4.69, 9.17) is 0 Å².